The standard InChI is InChI=1S/C18H21NO2/c1-17(2)14-6-7-18(17,3)16(9-14)21-15-5-4-12(11-20)8-13(15)10-19/h4-5,8,11,14,16H,6-7,9H2,1-3H3. The molecule has 0 spiro atoms. The first-order valence-corrected chi connectivity index (χ1v) is 7.58. The van der Waals surface area contributed by atoms with Crippen LogP contribution in [0.1, 0.15) is 56.0 Å². The molecule has 21 heavy (non-hydrogen) atoms. The number of hydrogen-bond donors (Lipinski definition) is 0. The molecule has 3 heteroatoms. The van der Waals surface area contributed by atoms with Gasteiger partial charge in [0.15, 0.2) is 0 Å². The van der Waals surface area contributed by atoms with Crippen molar-refractivity contribution in [3.8, 4) is 11.8 Å². The van der Waals surface area contributed by atoms with E-state index in [-0.39, 0.29) is 16.9 Å². The van der Waals surface area contributed by atoms with E-state index in [2.05, 4.69) is 26.8 Å². The van der Waals surface area contributed by atoms with Gasteiger partial charge < -0.3 is 4.74 Å². The van der Waals surface area contributed by atoms with Crippen molar-refractivity contribution >= 4 is 6.29 Å². The zero-order chi connectivity index (χ0) is 15.3. The lowest BCUT2D eigenvalue weighted by molar-refractivity contribution is 0.0300. The van der Waals surface area contributed by atoms with Crippen LogP contribution in [0.15, 0.2) is 18.2 Å². The summed E-state index contributed by atoms with van der Waals surface area (Å²) in [6, 6.07) is 7.20. The maximum atomic E-state index is 10.8. The van der Waals surface area contributed by atoms with Gasteiger partial charge in [0.2, 0.25) is 0 Å². The summed E-state index contributed by atoms with van der Waals surface area (Å²) in [5.74, 6) is 1.31. The van der Waals surface area contributed by atoms with Crippen molar-refractivity contribution in [2.24, 2.45) is 16.7 Å². The summed E-state index contributed by atoms with van der Waals surface area (Å²) in [5, 5.41) is 9.27. The lowest BCUT2D eigenvalue weighted by atomic mass is 9.70. The van der Waals surface area contributed by atoms with E-state index in [1.807, 2.05) is 0 Å². The molecule has 0 amide bonds. The van der Waals surface area contributed by atoms with Crippen LogP contribution in [0.4, 0.5) is 0 Å². The second-order valence-corrected chi connectivity index (χ2v) is 7.20. The van der Waals surface area contributed by atoms with Crippen molar-refractivity contribution in [3.05, 3.63) is 29.3 Å². The molecule has 3 nitrogen and oxygen atoms in total. The van der Waals surface area contributed by atoms with Crippen LogP contribution in [0.3, 0.4) is 0 Å². The van der Waals surface area contributed by atoms with Crippen LogP contribution in [0, 0.1) is 28.1 Å². The molecule has 3 unspecified atom stereocenters. The van der Waals surface area contributed by atoms with E-state index in [4.69, 9.17) is 4.74 Å². The summed E-state index contributed by atoms with van der Waals surface area (Å²) < 4.78 is 6.23. The number of benzene rings is 1. The predicted octanol–water partition coefficient (Wildman–Crippen LogP) is 3.96. The number of nitriles is 1. The fourth-order valence-corrected chi connectivity index (χ4v) is 4.27. The second kappa shape index (κ2) is 4.59. The van der Waals surface area contributed by atoms with Crippen molar-refractivity contribution in [2.45, 2.75) is 46.1 Å². The Labute approximate surface area is 125 Å². The Kier molecular flexibility index (Phi) is 3.09. The van der Waals surface area contributed by atoms with Crippen LogP contribution in [-0.2, 0) is 0 Å². The summed E-state index contributed by atoms with van der Waals surface area (Å²) in [4.78, 5) is 10.8. The van der Waals surface area contributed by atoms with Gasteiger partial charge in [0.05, 0.1) is 5.56 Å². The van der Waals surface area contributed by atoms with E-state index in [1.165, 1.54) is 12.8 Å². The summed E-state index contributed by atoms with van der Waals surface area (Å²) in [6.45, 7) is 7.00. The molecule has 1 aromatic rings. The smallest absolute Gasteiger partial charge is 0.150 e. The van der Waals surface area contributed by atoms with Crippen LogP contribution >= 0.6 is 0 Å². The first-order chi connectivity index (χ1) is 9.92. The maximum absolute atomic E-state index is 10.8. The molecule has 0 aliphatic heterocycles. The Morgan fingerprint density at radius 2 is 2.14 bits per heavy atom. The molecule has 2 bridgehead atoms. The van der Waals surface area contributed by atoms with E-state index >= 15 is 0 Å². The molecule has 0 aromatic heterocycles. The lowest BCUT2D eigenvalue weighted by Crippen LogP contribution is -2.39. The highest BCUT2D eigenvalue weighted by Gasteiger charge is 2.62. The average Bonchev–Trinajstić information content (AvgIpc) is 2.81. The van der Waals surface area contributed by atoms with Gasteiger partial charge in [-0.15, -0.1) is 0 Å². The third-order valence-electron chi connectivity index (χ3n) is 6.24. The molecular weight excluding hydrogens is 262 g/mol. The lowest BCUT2D eigenvalue weighted by Gasteiger charge is -2.39. The van der Waals surface area contributed by atoms with Crippen LogP contribution in [0.2, 0.25) is 0 Å². The molecule has 0 radical (unpaired) electrons. The largest absolute Gasteiger partial charge is 0.488 e. The number of aldehydes is 1. The highest BCUT2D eigenvalue weighted by molar-refractivity contribution is 5.76. The van der Waals surface area contributed by atoms with Gasteiger partial charge >= 0.3 is 0 Å². The van der Waals surface area contributed by atoms with Gasteiger partial charge in [-0.3, -0.25) is 4.79 Å². The molecule has 2 aliphatic rings. The molecule has 1 aromatic carbocycles. The van der Waals surface area contributed by atoms with Gasteiger partial charge in [0, 0.05) is 11.0 Å². The van der Waals surface area contributed by atoms with Crippen LogP contribution in [0.25, 0.3) is 0 Å². The summed E-state index contributed by atoms with van der Waals surface area (Å²) in [7, 11) is 0. The molecule has 110 valence electrons. The highest BCUT2D eigenvalue weighted by Crippen LogP contribution is 2.66. The van der Waals surface area contributed by atoms with Gasteiger partial charge in [-0.1, -0.05) is 20.8 Å². The van der Waals surface area contributed by atoms with Crippen LogP contribution in [0.5, 0.6) is 5.75 Å². The van der Waals surface area contributed by atoms with Crippen LogP contribution in [-0.4, -0.2) is 12.4 Å². The monoisotopic (exact) mass is 283 g/mol. The zero-order valence-corrected chi connectivity index (χ0v) is 12.8. The number of rotatable bonds is 3. The predicted molar refractivity (Wildman–Crippen MR) is 80.2 cm³/mol. The van der Waals surface area contributed by atoms with Gasteiger partial charge in [0.25, 0.3) is 0 Å². The quantitative estimate of drug-likeness (QED) is 0.789. The number of carbonyl (C=O) groups is 1. The van der Waals surface area contributed by atoms with E-state index in [0.29, 0.717) is 22.8 Å². The topological polar surface area (TPSA) is 50.1 Å². The Balaban J connectivity index is 1.89. The van der Waals surface area contributed by atoms with E-state index < -0.39 is 0 Å². The van der Waals surface area contributed by atoms with Crippen molar-refractivity contribution in [1.82, 2.24) is 0 Å². The molecule has 2 saturated carbocycles. The molecular formula is C18H21NO2. The Morgan fingerprint density at radius 1 is 1.38 bits per heavy atom. The number of hydrogen-bond acceptors (Lipinski definition) is 3. The molecule has 0 N–H and O–H groups in total. The first kappa shape index (κ1) is 14.1. The number of nitrogens with zero attached hydrogens (tertiary/aromatic N) is 1. The van der Waals surface area contributed by atoms with Gasteiger partial charge in [0.1, 0.15) is 24.2 Å². The van der Waals surface area contributed by atoms with Crippen molar-refractivity contribution in [1.29, 1.82) is 5.26 Å². The highest BCUT2D eigenvalue weighted by atomic mass is 16.5. The fraction of sp³-hybridized carbons (Fsp3) is 0.556. The van der Waals surface area contributed by atoms with Crippen LogP contribution < -0.4 is 4.74 Å². The summed E-state index contributed by atoms with van der Waals surface area (Å²) in [6.07, 6.45) is 4.43. The zero-order valence-electron chi connectivity index (χ0n) is 12.8. The minimum atomic E-state index is 0.153. The third-order valence-corrected chi connectivity index (χ3v) is 6.24. The molecule has 2 aliphatic carbocycles. The molecule has 3 atom stereocenters. The normalized spacial score (nSPS) is 32.7. The Morgan fingerprint density at radius 3 is 2.67 bits per heavy atom. The van der Waals surface area contributed by atoms with Gasteiger partial charge in [-0.05, 0) is 48.8 Å². The van der Waals surface area contributed by atoms with E-state index in [1.54, 1.807) is 18.2 Å². The summed E-state index contributed by atoms with van der Waals surface area (Å²) >= 11 is 0. The fourth-order valence-electron chi connectivity index (χ4n) is 4.27. The first-order valence-electron chi connectivity index (χ1n) is 7.58. The van der Waals surface area contributed by atoms with Crippen molar-refractivity contribution in [2.75, 3.05) is 0 Å². The maximum Gasteiger partial charge on any atom is 0.150 e. The van der Waals surface area contributed by atoms with E-state index in [0.717, 1.165) is 12.7 Å². The Bertz CT molecular complexity index is 629. The van der Waals surface area contributed by atoms with E-state index in [9.17, 15) is 10.1 Å². The molecule has 3 rings (SSSR count). The Hall–Kier alpha value is -1.82. The molecule has 0 saturated heterocycles. The average molecular weight is 283 g/mol. The minimum absolute atomic E-state index is 0.153. The van der Waals surface area contributed by atoms with Gasteiger partial charge in [-0.2, -0.15) is 5.26 Å². The number of fused-ring (bicyclic) bond motifs is 2. The van der Waals surface area contributed by atoms with Crippen molar-refractivity contribution in [3.63, 3.8) is 0 Å². The number of ether oxygens (including phenoxy) is 1. The molecule has 2 fully saturated rings. The molecule has 0 heterocycles. The third kappa shape index (κ3) is 1.89. The minimum Gasteiger partial charge on any atom is -0.488 e. The van der Waals surface area contributed by atoms with Gasteiger partial charge in [-0.25, -0.2) is 0 Å². The SMILES string of the molecule is CC1(C)C2CCC1(C)C(Oc1ccc(C=O)cc1C#N)C2. The van der Waals surface area contributed by atoms with Crippen molar-refractivity contribution < 1.29 is 9.53 Å². The number of carbonyl (C=O) groups excluding carboxylic acids is 1. The second-order valence-electron chi connectivity index (χ2n) is 7.20. The summed E-state index contributed by atoms with van der Waals surface area (Å²) in [5.41, 5.74) is 1.41.